The number of hydrogen-bond acceptors (Lipinski definition) is 10. The minimum Gasteiger partial charge on any atom is -0.466 e. The van der Waals surface area contributed by atoms with Crippen LogP contribution in [0.5, 0.6) is 0 Å². The van der Waals surface area contributed by atoms with Crippen LogP contribution in [0.2, 0.25) is 0 Å². The number of nitrogens with one attached hydrogen (secondary N) is 2. The number of rotatable bonds is 8. The third-order valence-corrected chi connectivity index (χ3v) is 7.11. The van der Waals surface area contributed by atoms with Crippen molar-refractivity contribution in [2.24, 2.45) is 0 Å². The molecule has 11 nitrogen and oxygen atoms in total. The van der Waals surface area contributed by atoms with E-state index in [1.54, 1.807) is 5.32 Å². The number of anilines is 1. The number of non-ortho nitro benzene ring substituents is 1. The Balaban J connectivity index is 2.46. The second-order valence-corrected chi connectivity index (χ2v) is 9.21. The number of hydrogen-bond donors (Lipinski definition) is 2. The van der Waals surface area contributed by atoms with Crippen LogP contribution >= 0.6 is 11.3 Å². The average Bonchev–Trinajstić information content (AvgIpc) is 3.20. The number of carbonyl (C=O) groups is 2. The van der Waals surface area contributed by atoms with Crippen LogP contribution in [0.1, 0.15) is 13.3 Å². The minimum atomic E-state index is -5.39. The first-order valence-corrected chi connectivity index (χ1v) is 10.8. The van der Waals surface area contributed by atoms with Crippen LogP contribution in [-0.4, -0.2) is 49.2 Å². The maximum atomic E-state index is 13.8. The van der Waals surface area contributed by atoms with Crippen LogP contribution in [0, 0.1) is 10.1 Å². The molecule has 1 aromatic heterocycles. The molecule has 2 N–H and O–H groups in total. The molecule has 0 bridgehead atoms. The van der Waals surface area contributed by atoms with E-state index in [2.05, 4.69) is 9.72 Å². The Morgan fingerprint density at radius 2 is 1.84 bits per heavy atom. The van der Waals surface area contributed by atoms with Gasteiger partial charge in [-0.15, -0.1) is 0 Å². The fraction of sp³-hybridized carbons (Fsp3) is 0.312. The summed E-state index contributed by atoms with van der Waals surface area (Å²) in [7, 11) is -3.62. The molecule has 0 fully saturated rings. The zero-order chi connectivity index (χ0) is 24.3. The second kappa shape index (κ2) is 9.07. The third kappa shape index (κ3) is 4.80. The average molecular weight is 496 g/mol. The standard InChI is InChI=1S/C16H15F3N4O7S2/c1-3-11(24)21-15(13(25)30-2,16(17,18)19)22-14-20-8-12(31-14)32(28,29)10-6-4-9(5-7-10)23(26)27/h4-8H,3H2,1-2H3,(H,20,22)(H,21,24)/t15-/m1/s1. The predicted molar refractivity (Wildman–Crippen MR) is 104 cm³/mol. The van der Waals surface area contributed by atoms with Crippen molar-refractivity contribution in [2.45, 2.75) is 34.3 Å². The van der Waals surface area contributed by atoms with Gasteiger partial charge in [0.05, 0.1) is 23.1 Å². The van der Waals surface area contributed by atoms with Gasteiger partial charge in [0, 0.05) is 18.6 Å². The molecular weight excluding hydrogens is 481 g/mol. The van der Waals surface area contributed by atoms with Gasteiger partial charge in [-0.05, 0) is 12.1 Å². The summed E-state index contributed by atoms with van der Waals surface area (Å²) in [5.41, 5.74) is -4.09. The van der Waals surface area contributed by atoms with Crippen molar-refractivity contribution in [2.75, 3.05) is 12.4 Å². The molecule has 0 saturated carbocycles. The van der Waals surface area contributed by atoms with E-state index >= 15 is 0 Å². The number of ether oxygens (including phenoxy) is 1. The summed E-state index contributed by atoms with van der Waals surface area (Å²) in [6.45, 7) is 1.26. The monoisotopic (exact) mass is 496 g/mol. The van der Waals surface area contributed by atoms with Gasteiger partial charge in [-0.25, -0.2) is 18.2 Å². The minimum absolute atomic E-state index is 0.248. The number of aromatic nitrogens is 1. The van der Waals surface area contributed by atoms with E-state index in [0.717, 1.165) is 30.5 Å². The molecule has 0 aliphatic carbocycles. The van der Waals surface area contributed by atoms with Gasteiger partial charge in [0.25, 0.3) is 5.69 Å². The molecule has 16 heteroatoms. The number of amides is 1. The summed E-state index contributed by atoms with van der Waals surface area (Å²) in [6, 6.07) is 3.80. The van der Waals surface area contributed by atoms with E-state index in [4.69, 9.17) is 0 Å². The molecule has 32 heavy (non-hydrogen) atoms. The highest BCUT2D eigenvalue weighted by Crippen LogP contribution is 2.36. The van der Waals surface area contributed by atoms with Gasteiger partial charge in [0.1, 0.15) is 4.21 Å². The fourth-order valence-corrected chi connectivity index (χ4v) is 4.79. The number of thiazole rings is 1. The number of halogens is 3. The van der Waals surface area contributed by atoms with E-state index in [9.17, 15) is 41.3 Å². The SMILES string of the molecule is CCC(=O)N[C@@](Nc1ncc(S(=O)(=O)c2ccc([N+](=O)[O-])cc2)s1)(C(=O)OC)C(F)(F)F. The Labute approximate surface area is 182 Å². The van der Waals surface area contributed by atoms with Crippen LogP contribution in [0.25, 0.3) is 0 Å². The van der Waals surface area contributed by atoms with Crippen molar-refractivity contribution in [1.29, 1.82) is 0 Å². The summed E-state index contributed by atoms with van der Waals surface area (Å²) in [5.74, 6) is -3.04. The van der Waals surface area contributed by atoms with Gasteiger partial charge in [0.15, 0.2) is 5.13 Å². The molecule has 2 aromatic rings. The quantitative estimate of drug-likeness (QED) is 0.242. The molecule has 2 rings (SSSR count). The van der Waals surface area contributed by atoms with E-state index in [1.165, 1.54) is 12.2 Å². The largest absolute Gasteiger partial charge is 0.466 e. The summed E-state index contributed by atoms with van der Waals surface area (Å²) in [5, 5.41) is 13.3. The lowest BCUT2D eigenvalue weighted by atomic mass is 10.1. The molecule has 0 unspecified atom stereocenters. The summed E-state index contributed by atoms with van der Waals surface area (Å²) in [4.78, 5) is 36.9. The predicted octanol–water partition coefficient (Wildman–Crippen LogP) is 2.25. The molecule has 174 valence electrons. The third-order valence-electron chi connectivity index (χ3n) is 3.97. The normalized spacial score (nSPS) is 13.7. The first-order chi connectivity index (χ1) is 14.8. The number of nitro groups is 1. The molecule has 0 spiro atoms. The Bertz CT molecular complexity index is 1130. The lowest BCUT2D eigenvalue weighted by Crippen LogP contribution is -2.69. The highest BCUT2D eigenvalue weighted by molar-refractivity contribution is 7.93. The fourth-order valence-electron chi connectivity index (χ4n) is 2.31. The van der Waals surface area contributed by atoms with Crippen LogP contribution < -0.4 is 10.6 Å². The molecule has 1 aromatic carbocycles. The topological polar surface area (TPSA) is 158 Å². The number of esters is 1. The van der Waals surface area contributed by atoms with E-state index in [-0.39, 0.29) is 21.9 Å². The molecule has 1 atom stereocenters. The zero-order valence-corrected chi connectivity index (χ0v) is 17.9. The first kappa shape index (κ1) is 25.0. The summed E-state index contributed by atoms with van der Waals surface area (Å²) < 4.78 is 70.6. The maximum absolute atomic E-state index is 13.8. The lowest BCUT2D eigenvalue weighted by molar-refractivity contribution is -0.384. The number of benzene rings is 1. The molecule has 0 radical (unpaired) electrons. The van der Waals surface area contributed by atoms with Crippen LogP contribution in [0.3, 0.4) is 0 Å². The number of nitro benzene ring substituents is 1. The van der Waals surface area contributed by atoms with Crippen molar-refractivity contribution < 1.29 is 40.8 Å². The Morgan fingerprint density at radius 3 is 2.31 bits per heavy atom. The van der Waals surface area contributed by atoms with Crippen molar-refractivity contribution in [1.82, 2.24) is 10.3 Å². The number of methoxy groups -OCH3 is 1. The highest BCUT2D eigenvalue weighted by Gasteiger charge is 2.63. The number of alkyl halides is 3. The van der Waals surface area contributed by atoms with Gasteiger partial charge in [0.2, 0.25) is 15.7 Å². The summed E-state index contributed by atoms with van der Waals surface area (Å²) >= 11 is 0.248. The van der Waals surface area contributed by atoms with Crippen LogP contribution in [0.4, 0.5) is 24.0 Å². The van der Waals surface area contributed by atoms with Crippen molar-refractivity contribution in [3.63, 3.8) is 0 Å². The van der Waals surface area contributed by atoms with Crippen LogP contribution in [-0.2, 0) is 24.2 Å². The molecule has 0 saturated heterocycles. The van der Waals surface area contributed by atoms with Gasteiger partial charge in [-0.3, -0.25) is 14.9 Å². The Kier molecular flexibility index (Phi) is 7.09. The molecular formula is C16H15F3N4O7S2. The summed E-state index contributed by atoms with van der Waals surface area (Å²) in [6.07, 6.45) is -5.05. The van der Waals surface area contributed by atoms with E-state index in [0.29, 0.717) is 7.11 Å². The zero-order valence-electron chi connectivity index (χ0n) is 16.3. The smallest absolute Gasteiger partial charge is 0.442 e. The van der Waals surface area contributed by atoms with Gasteiger partial charge in [-0.1, -0.05) is 18.3 Å². The molecule has 1 amide bonds. The number of nitrogens with zero attached hydrogens (tertiary/aromatic N) is 2. The second-order valence-electron chi connectivity index (χ2n) is 6.00. The van der Waals surface area contributed by atoms with Gasteiger partial charge >= 0.3 is 17.8 Å². The number of carbonyl (C=O) groups excluding carboxylic acids is 2. The van der Waals surface area contributed by atoms with Crippen molar-refractivity contribution in [3.05, 3.63) is 40.6 Å². The first-order valence-electron chi connectivity index (χ1n) is 8.48. The van der Waals surface area contributed by atoms with E-state index in [1.807, 2.05) is 0 Å². The van der Waals surface area contributed by atoms with E-state index < -0.39 is 54.2 Å². The highest BCUT2D eigenvalue weighted by atomic mass is 32.2. The van der Waals surface area contributed by atoms with Crippen molar-refractivity contribution >= 4 is 43.9 Å². The Hall–Kier alpha value is -3.27. The molecule has 1 heterocycles. The molecule has 0 aliphatic heterocycles. The van der Waals surface area contributed by atoms with Gasteiger partial charge in [-0.2, -0.15) is 13.2 Å². The van der Waals surface area contributed by atoms with Crippen LogP contribution in [0.15, 0.2) is 39.6 Å². The number of sulfone groups is 1. The van der Waals surface area contributed by atoms with Crippen molar-refractivity contribution in [3.8, 4) is 0 Å². The maximum Gasteiger partial charge on any atom is 0.442 e. The Morgan fingerprint density at radius 1 is 1.25 bits per heavy atom. The van der Waals surface area contributed by atoms with Gasteiger partial charge < -0.3 is 15.4 Å². The lowest BCUT2D eigenvalue weighted by Gasteiger charge is -2.33. The molecule has 0 aliphatic rings.